The van der Waals surface area contributed by atoms with E-state index in [1.165, 1.54) is 0 Å². The topological polar surface area (TPSA) is 63.3 Å². The molecule has 1 spiro atoms. The molecule has 140 valence electrons. The maximum Gasteiger partial charge on any atom is 0.290 e. The van der Waals surface area contributed by atoms with Crippen molar-refractivity contribution in [1.82, 2.24) is 19.8 Å². The molecule has 1 amide bonds. The summed E-state index contributed by atoms with van der Waals surface area (Å²) in [6, 6.07) is 9.89. The van der Waals surface area contributed by atoms with Gasteiger partial charge in [0.2, 0.25) is 0 Å². The van der Waals surface area contributed by atoms with Crippen LogP contribution in [0.2, 0.25) is 0 Å². The van der Waals surface area contributed by atoms with Crippen molar-refractivity contribution in [3.8, 4) is 0 Å². The molecule has 1 unspecified atom stereocenters. The van der Waals surface area contributed by atoms with Crippen LogP contribution in [0.1, 0.15) is 35.6 Å². The number of para-hydroxylation sites is 1. The molecule has 1 saturated heterocycles. The number of nitrogens with zero attached hydrogens (tertiary/aromatic N) is 3. The Morgan fingerprint density at radius 1 is 1.37 bits per heavy atom. The van der Waals surface area contributed by atoms with Crippen LogP contribution >= 0.6 is 0 Å². The van der Waals surface area contributed by atoms with Gasteiger partial charge in [-0.25, -0.2) is 4.98 Å². The maximum absolute atomic E-state index is 13.4. The number of hydrogen-bond acceptors (Lipinski definition) is 4. The van der Waals surface area contributed by atoms with Gasteiger partial charge < -0.3 is 19.2 Å². The highest BCUT2D eigenvalue weighted by Gasteiger charge is 2.58. The molecule has 1 atom stereocenters. The molecule has 2 aliphatic rings. The number of imidazole rings is 1. The van der Waals surface area contributed by atoms with Crippen molar-refractivity contribution < 1.29 is 9.21 Å². The van der Waals surface area contributed by atoms with E-state index in [2.05, 4.69) is 10.3 Å². The standard InChI is InChI=1S/C21H24N4O2/c1-24-11-10-23-19(24)14-25(18-13-21(18)6-8-22-9-7-21)20(26)17-12-15-4-2-3-5-16(15)27-17/h2-5,10-12,18,22H,6-9,13-14H2,1H3. The van der Waals surface area contributed by atoms with Gasteiger partial charge in [-0.2, -0.15) is 0 Å². The molecule has 27 heavy (non-hydrogen) atoms. The Balaban J connectivity index is 1.47. The molecule has 1 saturated carbocycles. The van der Waals surface area contributed by atoms with Crippen molar-refractivity contribution in [2.24, 2.45) is 12.5 Å². The highest BCUT2D eigenvalue weighted by Crippen LogP contribution is 2.56. The van der Waals surface area contributed by atoms with Crippen LogP contribution in [0.3, 0.4) is 0 Å². The Labute approximate surface area is 158 Å². The molecule has 2 fully saturated rings. The fourth-order valence-corrected chi connectivity index (χ4v) is 4.48. The van der Waals surface area contributed by atoms with Crippen molar-refractivity contribution in [1.29, 1.82) is 0 Å². The SMILES string of the molecule is Cn1ccnc1CN(C(=O)c1cc2ccccc2o1)C1CC12CCNCC2. The number of amides is 1. The van der Waals surface area contributed by atoms with Crippen LogP contribution < -0.4 is 5.32 Å². The minimum atomic E-state index is -0.0328. The molecule has 1 aliphatic heterocycles. The monoisotopic (exact) mass is 364 g/mol. The predicted octanol–water partition coefficient (Wildman–Crippen LogP) is 2.95. The molecule has 3 aromatic rings. The summed E-state index contributed by atoms with van der Waals surface area (Å²) in [6.45, 7) is 2.58. The van der Waals surface area contributed by atoms with Crippen LogP contribution in [-0.2, 0) is 13.6 Å². The second-order valence-corrected chi connectivity index (χ2v) is 7.87. The quantitative estimate of drug-likeness (QED) is 0.773. The summed E-state index contributed by atoms with van der Waals surface area (Å²) in [4.78, 5) is 19.9. The fraction of sp³-hybridized carbons (Fsp3) is 0.429. The van der Waals surface area contributed by atoms with Crippen molar-refractivity contribution in [2.45, 2.75) is 31.8 Å². The number of benzene rings is 1. The normalized spacial score (nSPS) is 20.9. The zero-order chi connectivity index (χ0) is 18.4. The van der Waals surface area contributed by atoms with Gasteiger partial charge in [-0.05, 0) is 49.9 Å². The first-order chi connectivity index (χ1) is 13.2. The number of furan rings is 1. The lowest BCUT2D eigenvalue weighted by Gasteiger charge is -2.29. The number of rotatable bonds is 4. The molecular weight excluding hydrogens is 340 g/mol. The van der Waals surface area contributed by atoms with Gasteiger partial charge in [0.25, 0.3) is 5.91 Å². The number of fused-ring (bicyclic) bond motifs is 1. The third-order valence-corrected chi connectivity index (χ3v) is 6.25. The van der Waals surface area contributed by atoms with E-state index in [-0.39, 0.29) is 17.4 Å². The molecule has 5 rings (SSSR count). The van der Waals surface area contributed by atoms with Crippen LogP contribution in [-0.4, -0.2) is 39.5 Å². The van der Waals surface area contributed by atoms with Gasteiger partial charge in [-0.3, -0.25) is 4.79 Å². The first-order valence-electron chi connectivity index (χ1n) is 9.63. The average molecular weight is 364 g/mol. The lowest BCUT2D eigenvalue weighted by Crippen LogP contribution is -2.39. The Kier molecular flexibility index (Phi) is 3.82. The lowest BCUT2D eigenvalue weighted by molar-refractivity contribution is 0.0655. The van der Waals surface area contributed by atoms with Crippen molar-refractivity contribution in [3.05, 3.63) is 54.3 Å². The van der Waals surface area contributed by atoms with Gasteiger partial charge in [0.1, 0.15) is 11.4 Å². The minimum Gasteiger partial charge on any atom is -0.451 e. The minimum absolute atomic E-state index is 0.0328. The number of nitrogens with one attached hydrogen (secondary N) is 1. The molecule has 1 aromatic carbocycles. The van der Waals surface area contributed by atoms with Crippen LogP contribution in [0, 0.1) is 5.41 Å². The van der Waals surface area contributed by atoms with E-state index in [4.69, 9.17) is 4.42 Å². The number of aryl methyl sites for hydroxylation is 1. The number of piperidine rings is 1. The Hall–Kier alpha value is -2.60. The second kappa shape index (κ2) is 6.23. The van der Waals surface area contributed by atoms with Gasteiger partial charge >= 0.3 is 0 Å². The molecule has 0 radical (unpaired) electrons. The Morgan fingerprint density at radius 3 is 2.93 bits per heavy atom. The van der Waals surface area contributed by atoms with Crippen molar-refractivity contribution in [3.63, 3.8) is 0 Å². The van der Waals surface area contributed by atoms with Gasteiger partial charge in [0, 0.05) is 30.9 Å². The van der Waals surface area contributed by atoms with Crippen LogP contribution in [0.5, 0.6) is 0 Å². The molecule has 3 heterocycles. The number of carbonyl (C=O) groups excluding carboxylic acids is 1. The van der Waals surface area contributed by atoms with Crippen molar-refractivity contribution >= 4 is 16.9 Å². The van der Waals surface area contributed by atoms with E-state index >= 15 is 0 Å². The number of hydrogen-bond donors (Lipinski definition) is 1. The first kappa shape index (κ1) is 16.6. The summed E-state index contributed by atoms with van der Waals surface area (Å²) in [6.07, 6.45) is 7.04. The van der Waals surface area contributed by atoms with Gasteiger partial charge in [0.15, 0.2) is 5.76 Å². The lowest BCUT2D eigenvalue weighted by atomic mass is 9.93. The third kappa shape index (κ3) is 2.84. The van der Waals surface area contributed by atoms with E-state index < -0.39 is 0 Å². The van der Waals surface area contributed by atoms with Crippen LogP contribution in [0.15, 0.2) is 47.1 Å². The number of aromatic nitrogens is 2. The average Bonchev–Trinajstić information content (AvgIpc) is 3.04. The van der Waals surface area contributed by atoms with Crippen molar-refractivity contribution in [2.75, 3.05) is 13.1 Å². The molecule has 1 aliphatic carbocycles. The van der Waals surface area contributed by atoms with E-state index in [0.717, 1.165) is 49.1 Å². The van der Waals surface area contributed by atoms with E-state index in [9.17, 15) is 4.79 Å². The van der Waals surface area contributed by atoms with Crippen LogP contribution in [0.25, 0.3) is 11.0 Å². The summed E-state index contributed by atoms with van der Waals surface area (Å²) in [7, 11) is 1.97. The van der Waals surface area contributed by atoms with Gasteiger partial charge in [-0.1, -0.05) is 18.2 Å². The van der Waals surface area contributed by atoms with Gasteiger partial charge in [0.05, 0.1) is 6.54 Å². The predicted molar refractivity (Wildman–Crippen MR) is 102 cm³/mol. The summed E-state index contributed by atoms with van der Waals surface area (Å²) < 4.78 is 7.87. The Morgan fingerprint density at radius 2 is 2.19 bits per heavy atom. The zero-order valence-corrected chi connectivity index (χ0v) is 15.5. The fourth-order valence-electron chi connectivity index (χ4n) is 4.48. The summed E-state index contributed by atoms with van der Waals surface area (Å²) in [5.41, 5.74) is 1.02. The molecule has 6 heteroatoms. The maximum atomic E-state index is 13.4. The molecule has 6 nitrogen and oxygen atoms in total. The van der Waals surface area contributed by atoms with Crippen LogP contribution in [0.4, 0.5) is 0 Å². The zero-order valence-electron chi connectivity index (χ0n) is 15.5. The summed E-state index contributed by atoms with van der Waals surface area (Å²) in [5.74, 6) is 1.28. The van der Waals surface area contributed by atoms with E-state index in [0.29, 0.717) is 12.3 Å². The highest BCUT2D eigenvalue weighted by atomic mass is 16.3. The largest absolute Gasteiger partial charge is 0.451 e. The molecular formula is C21H24N4O2. The molecule has 1 N–H and O–H groups in total. The third-order valence-electron chi connectivity index (χ3n) is 6.25. The molecule has 2 aromatic heterocycles. The smallest absolute Gasteiger partial charge is 0.290 e. The second-order valence-electron chi connectivity index (χ2n) is 7.87. The summed E-state index contributed by atoms with van der Waals surface area (Å²) in [5, 5.41) is 4.40. The van der Waals surface area contributed by atoms with Gasteiger partial charge in [-0.15, -0.1) is 0 Å². The number of carbonyl (C=O) groups is 1. The molecule has 0 bridgehead atoms. The summed E-state index contributed by atoms with van der Waals surface area (Å²) >= 11 is 0. The van der Waals surface area contributed by atoms with E-state index in [1.807, 2.05) is 53.0 Å². The Bertz CT molecular complexity index is 950. The van der Waals surface area contributed by atoms with E-state index in [1.54, 1.807) is 6.20 Å². The highest BCUT2D eigenvalue weighted by molar-refractivity contribution is 5.96. The first-order valence-corrected chi connectivity index (χ1v) is 9.63.